The number of carbonyl (C=O) groups is 1. The molecule has 3 heterocycles. The average molecular weight is 724 g/mol. The summed E-state index contributed by atoms with van der Waals surface area (Å²) in [4.78, 5) is 26.3. The van der Waals surface area contributed by atoms with Gasteiger partial charge in [0, 0.05) is 25.2 Å². The smallest absolute Gasteiger partial charge is 0.412 e. The van der Waals surface area contributed by atoms with E-state index in [2.05, 4.69) is 0 Å². The van der Waals surface area contributed by atoms with Gasteiger partial charge in [0.15, 0.2) is 6.29 Å². The van der Waals surface area contributed by atoms with Gasteiger partial charge in [0.25, 0.3) is 5.69 Å². The Morgan fingerprint density at radius 1 is 1.02 bits per heavy atom. The molecule has 0 N–H and O–H groups in total. The van der Waals surface area contributed by atoms with Gasteiger partial charge in [-0.15, -0.1) is 0 Å². The third kappa shape index (κ3) is 8.36. The van der Waals surface area contributed by atoms with Crippen molar-refractivity contribution in [1.82, 2.24) is 9.21 Å². The van der Waals surface area contributed by atoms with Gasteiger partial charge in [0.2, 0.25) is 10.0 Å². The summed E-state index contributed by atoms with van der Waals surface area (Å²) in [5.74, 6) is 0.566. The minimum Gasteiger partial charge on any atom is -0.489 e. The number of nitro benzene ring substituents is 1. The van der Waals surface area contributed by atoms with E-state index in [0.29, 0.717) is 25.4 Å². The fourth-order valence-electron chi connectivity index (χ4n) is 7.01. The summed E-state index contributed by atoms with van der Waals surface area (Å²) in [5, 5.41) is 11.2. The zero-order valence-electron chi connectivity index (χ0n) is 29.3. The first-order chi connectivity index (χ1) is 24.3. The van der Waals surface area contributed by atoms with Crippen LogP contribution >= 0.6 is 0 Å². The lowest BCUT2D eigenvalue weighted by molar-refractivity contribution is -0.384. The summed E-state index contributed by atoms with van der Waals surface area (Å²) in [6.07, 6.45) is -1.16. The first-order valence-electron chi connectivity index (χ1n) is 17.2. The van der Waals surface area contributed by atoms with Crippen LogP contribution < -0.4 is 4.74 Å². The van der Waals surface area contributed by atoms with Gasteiger partial charge in [-0.3, -0.25) is 15.0 Å². The molecule has 0 bridgehead atoms. The van der Waals surface area contributed by atoms with E-state index in [4.69, 9.17) is 23.7 Å². The first kappa shape index (κ1) is 36.7. The van der Waals surface area contributed by atoms with Crippen LogP contribution in [0.3, 0.4) is 0 Å². The monoisotopic (exact) mass is 723 g/mol. The van der Waals surface area contributed by atoms with Crippen LogP contribution in [0.5, 0.6) is 5.75 Å². The molecule has 0 saturated carbocycles. The second-order valence-electron chi connectivity index (χ2n) is 14.1. The Bertz CT molecular complexity index is 1770. The van der Waals surface area contributed by atoms with Crippen LogP contribution in [0.25, 0.3) is 0 Å². The molecule has 3 saturated heterocycles. The fourth-order valence-corrected chi connectivity index (χ4v) is 8.63. The first-order valence-corrected chi connectivity index (χ1v) is 18.7. The lowest BCUT2D eigenvalue weighted by Crippen LogP contribution is -2.51. The lowest BCUT2D eigenvalue weighted by atomic mass is 9.99. The Morgan fingerprint density at radius 3 is 2.39 bits per heavy atom. The largest absolute Gasteiger partial charge is 0.489 e. The van der Waals surface area contributed by atoms with E-state index in [0.717, 1.165) is 17.5 Å². The number of rotatable bonds is 13. The quantitative estimate of drug-likeness (QED) is 0.157. The highest BCUT2D eigenvalue weighted by Crippen LogP contribution is 2.39. The predicted octanol–water partition coefficient (Wildman–Crippen LogP) is 5.77. The van der Waals surface area contributed by atoms with Crippen molar-refractivity contribution in [3.8, 4) is 5.75 Å². The number of hydrogen-bond acceptors (Lipinski definition) is 10. The summed E-state index contributed by atoms with van der Waals surface area (Å²) in [6, 6.07) is 21.7. The highest BCUT2D eigenvalue weighted by Gasteiger charge is 2.53. The molecule has 0 unspecified atom stereocenters. The van der Waals surface area contributed by atoms with Crippen LogP contribution in [0.1, 0.15) is 45.2 Å². The molecular weight excluding hydrogens is 678 g/mol. The molecule has 13 nitrogen and oxygen atoms in total. The minimum absolute atomic E-state index is 0.0564. The summed E-state index contributed by atoms with van der Waals surface area (Å²) >= 11 is 0. The van der Waals surface area contributed by atoms with Gasteiger partial charge in [-0.25, -0.2) is 13.2 Å². The lowest BCUT2D eigenvalue weighted by Gasteiger charge is -2.34. The second kappa shape index (κ2) is 15.3. The SMILES string of the molecule is CC(C)CN(C[C@H]1OC(C)(C)N(C(=O)O[C@H]2CO[C@H]3OCC[C@H]32)[C@H]1Cc1ccc(OCc2ccccc2)cc1)S(=O)(=O)c1ccc([N+](=O)[O-])cc1. The molecule has 0 aliphatic carbocycles. The Morgan fingerprint density at radius 2 is 1.73 bits per heavy atom. The highest BCUT2D eigenvalue weighted by atomic mass is 32.2. The van der Waals surface area contributed by atoms with Crippen LogP contribution in [0.4, 0.5) is 10.5 Å². The van der Waals surface area contributed by atoms with E-state index in [-0.39, 0.29) is 42.1 Å². The van der Waals surface area contributed by atoms with Gasteiger partial charge in [0.1, 0.15) is 24.2 Å². The van der Waals surface area contributed by atoms with Gasteiger partial charge >= 0.3 is 6.09 Å². The number of fused-ring (bicyclic) bond motifs is 1. The number of ether oxygens (including phenoxy) is 5. The van der Waals surface area contributed by atoms with Crippen molar-refractivity contribution in [2.75, 3.05) is 26.3 Å². The van der Waals surface area contributed by atoms with E-state index >= 15 is 0 Å². The zero-order valence-corrected chi connectivity index (χ0v) is 30.1. The van der Waals surface area contributed by atoms with Gasteiger partial charge in [-0.1, -0.05) is 56.3 Å². The normalized spacial score (nSPS) is 24.2. The van der Waals surface area contributed by atoms with E-state index in [1.54, 1.807) is 18.7 Å². The number of benzene rings is 3. The molecule has 0 radical (unpaired) electrons. The molecule has 3 aliphatic heterocycles. The van der Waals surface area contributed by atoms with Crippen LogP contribution in [0.15, 0.2) is 83.8 Å². The zero-order chi connectivity index (χ0) is 36.3. The van der Waals surface area contributed by atoms with Crippen LogP contribution in [-0.4, -0.2) is 85.2 Å². The Balaban J connectivity index is 1.27. The highest BCUT2D eigenvalue weighted by molar-refractivity contribution is 7.89. The van der Waals surface area contributed by atoms with Crippen molar-refractivity contribution in [3.05, 3.63) is 100 Å². The topological polar surface area (TPSA) is 147 Å². The minimum atomic E-state index is -4.11. The standard InChI is InChI=1S/C37H45N3O10S/c1-25(2)21-38(51(44,45)30-16-12-28(13-17-30)40(42)43)22-33-32(20-26-10-14-29(15-11-26)47-23-27-8-6-5-7-9-27)39(37(3,4)50-33)36(41)49-34-24-48-35-31(34)18-19-46-35/h5-17,25,31-35H,18-24H2,1-4H3/t31-,32-,33+,34-,35+/m0/s1. The van der Waals surface area contributed by atoms with Crippen molar-refractivity contribution >= 4 is 21.8 Å². The van der Waals surface area contributed by atoms with Crippen LogP contribution in [-0.2, 0) is 42.0 Å². The molecule has 274 valence electrons. The molecule has 14 heteroatoms. The van der Waals surface area contributed by atoms with E-state index in [9.17, 15) is 23.3 Å². The van der Waals surface area contributed by atoms with Crippen molar-refractivity contribution in [3.63, 3.8) is 0 Å². The van der Waals surface area contributed by atoms with Crippen LogP contribution in [0, 0.1) is 22.0 Å². The van der Waals surface area contributed by atoms with E-state index in [1.807, 2.05) is 68.4 Å². The molecule has 51 heavy (non-hydrogen) atoms. The molecule has 3 aromatic carbocycles. The molecule has 0 aromatic heterocycles. The van der Waals surface area contributed by atoms with Gasteiger partial charge < -0.3 is 23.7 Å². The maximum absolute atomic E-state index is 14.1. The molecule has 3 aromatic rings. The summed E-state index contributed by atoms with van der Waals surface area (Å²) in [5.41, 5.74) is 0.565. The fraction of sp³-hybridized carbons (Fsp3) is 0.486. The molecular formula is C37H45N3O10S. The number of carbonyl (C=O) groups excluding carboxylic acids is 1. The number of nitrogens with zero attached hydrogens (tertiary/aromatic N) is 3. The van der Waals surface area contributed by atoms with Crippen molar-refractivity contribution in [2.24, 2.45) is 11.8 Å². The summed E-state index contributed by atoms with van der Waals surface area (Å²) < 4.78 is 59.5. The molecule has 3 fully saturated rings. The van der Waals surface area contributed by atoms with Crippen molar-refractivity contribution in [1.29, 1.82) is 0 Å². The number of sulfonamides is 1. The third-order valence-electron chi connectivity index (χ3n) is 9.47. The van der Waals surface area contributed by atoms with Crippen molar-refractivity contribution in [2.45, 2.75) is 82.3 Å². The maximum atomic E-state index is 14.1. The molecule has 5 atom stereocenters. The molecule has 6 rings (SSSR count). The number of non-ortho nitro benzene ring substituents is 1. The van der Waals surface area contributed by atoms with Crippen molar-refractivity contribution < 1.29 is 41.8 Å². The average Bonchev–Trinajstić information content (AvgIpc) is 3.78. The number of hydrogen-bond donors (Lipinski definition) is 0. The third-order valence-corrected chi connectivity index (χ3v) is 11.3. The number of amides is 1. The summed E-state index contributed by atoms with van der Waals surface area (Å²) in [6.45, 7) is 8.62. The summed E-state index contributed by atoms with van der Waals surface area (Å²) in [7, 11) is -4.11. The van der Waals surface area contributed by atoms with E-state index in [1.165, 1.54) is 28.6 Å². The Kier molecular flexibility index (Phi) is 11.0. The van der Waals surface area contributed by atoms with Gasteiger partial charge in [0.05, 0.1) is 41.1 Å². The second-order valence-corrected chi connectivity index (χ2v) is 16.0. The maximum Gasteiger partial charge on any atom is 0.412 e. The van der Waals surface area contributed by atoms with Gasteiger partial charge in [-0.05, 0) is 68.0 Å². The Hall–Kier alpha value is -4.08. The van der Waals surface area contributed by atoms with E-state index < -0.39 is 51.3 Å². The Labute approximate surface area is 298 Å². The van der Waals surface area contributed by atoms with Crippen LogP contribution in [0.2, 0.25) is 0 Å². The molecule has 3 aliphatic rings. The van der Waals surface area contributed by atoms with Gasteiger partial charge in [-0.2, -0.15) is 4.31 Å². The molecule has 0 spiro atoms. The predicted molar refractivity (Wildman–Crippen MR) is 186 cm³/mol. The number of nitro groups is 1. The molecule has 1 amide bonds.